The van der Waals surface area contributed by atoms with Gasteiger partial charge < -0.3 is 10.1 Å². The van der Waals surface area contributed by atoms with Gasteiger partial charge in [-0.15, -0.1) is 0 Å². The average Bonchev–Trinajstić information content (AvgIpc) is 2.67. The summed E-state index contributed by atoms with van der Waals surface area (Å²) >= 11 is 1.26. The first kappa shape index (κ1) is 17.4. The van der Waals surface area contributed by atoms with Crippen LogP contribution in [0.4, 0.5) is 5.69 Å². The number of carboxylic acid groups (broad SMARTS) is 1. The third-order valence-electron chi connectivity index (χ3n) is 3.49. The van der Waals surface area contributed by atoms with Crippen LogP contribution in [0, 0.1) is 6.57 Å². The molecule has 0 atom stereocenters. The average molecular weight is 364 g/mol. The number of nitrogens with zero attached hydrogens (tertiary/aromatic N) is 3. The summed E-state index contributed by atoms with van der Waals surface area (Å²) in [4.78, 5) is 37.5. The van der Waals surface area contributed by atoms with Crippen LogP contribution in [-0.4, -0.2) is 26.0 Å². The molecule has 2 aromatic heterocycles. The second kappa shape index (κ2) is 7.63. The molecule has 7 nitrogen and oxygen atoms in total. The maximum atomic E-state index is 12.2. The van der Waals surface area contributed by atoms with Gasteiger partial charge >= 0.3 is 5.97 Å². The SMILES string of the molecule is [C-]#[N+]c1c(-c2ccncc2)nc(SCc2cccc(C(=O)O)c2)[nH]c1=O. The summed E-state index contributed by atoms with van der Waals surface area (Å²) in [6, 6.07) is 9.92. The van der Waals surface area contributed by atoms with Gasteiger partial charge in [-0.1, -0.05) is 23.9 Å². The van der Waals surface area contributed by atoms with Gasteiger partial charge in [-0.05, 0) is 35.4 Å². The van der Waals surface area contributed by atoms with Gasteiger partial charge in [0.05, 0.1) is 17.8 Å². The highest BCUT2D eigenvalue weighted by Crippen LogP contribution is 2.27. The zero-order chi connectivity index (χ0) is 18.5. The van der Waals surface area contributed by atoms with E-state index in [1.807, 2.05) is 0 Å². The largest absolute Gasteiger partial charge is 0.478 e. The standard InChI is InChI=1S/C18H12N4O3S/c1-19-15-14(12-5-7-20-8-6-12)21-18(22-16(15)23)26-10-11-3-2-4-13(9-11)17(24)25/h2-9H,10H2,(H,24,25)(H,21,22,23). The lowest BCUT2D eigenvalue weighted by Gasteiger charge is -2.07. The Bertz CT molecular complexity index is 1060. The van der Waals surface area contributed by atoms with Crippen LogP contribution in [0.15, 0.2) is 58.7 Å². The first-order chi connectivity index (χ1) is 12.6. The Hall–Kier alpha value is -3.44. The van der Waals surface area contributed by atoms with Gasteiger partial charge in [0.15, 0.2) is 5.16 Å². The molecule has 1 aromatic carbocycles. The molecule has 0 bridgehead atoms. The quantitative estimate of drug-likeness (QED) is 0.409. The van der Waals surface area contributed by atoms with E-state index in [1.54, 1.807) is 42.7 Å². The highest BCUT2D eigenvalue weighted by atomic mass is 32.2. The number of aromatic amines is 1. The number of H-pyrrole nitrogens is 1. The highest BCUT2D eigenvalue weighted by molar-refractivity contribution is 7.98. The zero-order valence-electron chi connectivity index (χ0n) is 13.3. The minimum atomic E-state index is -0.996. The van der Waals surface area contributed by atoms with E-state index in [4.69, 9.17) is 11.7 Å². The third-order valence-corrected chi connectivity index (χ3v) is 4.43. The second-order valence-electron chi connectivity index (χ2n) is 5.21. The number of hydrogen-bond donors (Lipinski definition) is 2. The summed E-state index contributed by atoms with van der Waals surface area (Å²) < 4.78 is 0. The van der Waals surface area contributed by atoms with Crippen LogP contribution < -0.4 is 5.56 Å². The van der Waals surface area contributed by atoms with E-state index in [0.29, 0.717) is 22.2 Å². The van der Waals surface area contributed by atoms with Crippen LogP contribution in [0.1, 0.15) is 15.9 Å². The number of aromatic carboxylic acids is 1. The Labute approximate surface area is 152 Å². The molecule has 3 rings (SSSR count). The maximum Gasteiger partial charge on any atom is 0.335 e. The number of hydrogen-bond acceptors (Lipinski definition) is 5. The molecule has 0 aliphatic heterocycles. The summed E-state index contributed by atoms with van der Waals surface area (Å²) in [5.74, 6) is -0.568. The molecule has 0 fully saturated rings. The van der Waals surface area contributed by atoms with Crippen molar-refractivity contribution in [1.82, 2.24) is 15.0 Å². The van der Waals surface area contributed by atoms with Crippen LogP contribution in [0.2, 0.25) is 0 Å². The van der Waals surface area contributed by atoms with Crippen molar-refractivity contribution in [2.24, 2.45) is 0 Å². The van der Waals surface area contributed by atoms with Crippen LogP contribution in [-0.2, 0) is 5.75 Å². The lowest BCUT2D eigenvalue weighted by atomic mass is 10.1. The fraction of sp³-hybridized carbons (Fsp3) is 0.0556. The van der Waals surface area contributed by atoms with Crippen molar-refractivity contribution >= 4 is 23.4 Å². The normalized spacial score (nSPS) is 10.3. The molecule has 0 aliphatic rings. The minimum Gasteiger partial charge on any atom is -0.478 e. The zero-order valence-corrected chi connectivity index (χ0v) is 14.2. The molecule has 26 heavy (non-hydrogen) atoms. The van der Waals surface area contributed by atoms with Crippen LogP contribution in [0.25, 0.3) is 16.1 Å². The maximum absolute atomic E-state index is 12.2. The fourth-order valence-corrected chi connectivity index (χ4v) is 3.08. The topological polar surface area (TPSA) is 100 Å². The summed E-state index contributed by atoms with van der Waals surface area (Å²) in [7, 11) is 0. The third kappa shape index (κ3) is 3.79. The Morgan fingerprint density at radius 2 is 2.04 bits per heavy atom. The molecule has 3 aromatic rings. The van der Waals surface area contributed by atoms with E-state index >= 15 is 0 Å². The molecule has 0 saturated carbocycles. The Kier molecular flexibility index (Phi) is 5.10. The van der Waals surface area contributed by atoms with Gasteiger partial charge in [-0.2, -0.15) is 0 Å². The first-order valence-electron chi connectivity index (χ1n) is 7.45. The monoisotopic (exact) mass is 364 g/mol. The summed E-state index contributed by atoms with van der Waals surface area (Å²) in [6.45, 7) is 7.23. The van der Waals surface area contributed by atoms with Gasteiger partial charge in [0, 0.05) is 18.1 Å². The number of aromatic nitrogens is 3. The molecule has 0 radical (unpaired) electrons. The van der Waals surface area contributed by atoms with Crippen molar-refractivity contribution in [3.8, 4) is 11.3 Å². The van der Waals surface area contributed by atoms with E-state index in [-0.39, 0.29) is 11.3 Å². The number of nitrogens with one attached hydrogen (secondary N) is 1. The molecule has 0 amide bonds. The summed E-state index contributed by atoms with van der Waals surface area (Å²) in [6.07, 6.45) is 3.13. The first-order valence-corrected chi connectivity index (χ1v) is 8.44. The van der Waals surface area contributed by atoms with Crippen molar-refractivity contribution in [1.29, 1.82) is 0 Å². The van der Waals surface area contributed by atoms with Crippen molar-refractivity contribution < 1.29 is 9.90 Å². The summed E-state index contributed by atoms with van der Waals surface area (Å²) in [5.41, 5.74) is 1.33. The predicted molar refractivity (Wildman–Crippen MR) is 97.3 cm³/mol. The van der Waals surface area contributed by atoms with Crippen LogP contribution >= 0.6 is 11.8 Å². The number of thioether (sulfide) groups is 1. The molecule has 0 unspecified atom stereocenters. The van der Waals surface area contributed by atoms with E-state index in [2.05, 4.69) is 19.8 Å². The highest BCUT2D eigenvalue weighted by Gasteiger charge is 2.14. The van der Waals surface area contributed by atoms with E-state index < -0.39 is 11.5 Å². The number of benzene rings is 1. The van der Waals surface area contributed by atoms with Crippen molar-refractivity contribution in [2.75, 3.05) is 0 Å². The molecular formula is C18H12N4O3S. The van der Waals surface area contributed by atoms with Crippen LogP contribution in [0.5, 0.6) is 0 Å². The predicted octanol–water partition coefficient (Wildman–Crippen LogP) is 3.37. The van der Waals surface area contributed by atoms with Crippen molar-refractivity contribution in [2.45, 2.75) is 10.9 Å². The van der Waals surface area contributed by atoms with Gasteiger partial charge in [-0.3, -0.25) is 9.78 Å². The Morgan fingerprint density at radius 3 is 2.73 bits per heavy atom. The Morgan fingerprint density at radius 1 is 1.27 bits per heavy atom. The van der Waals surface area contributed by atoms with E-state index in [9.17, 15) is 9.59 Å². The number of carbonyl (C=O) groups is 1. The number of pyridine rings is 1. The molecule has 8 heteroatoms. The molecule has 2 heterocycles. The molecule has 2 N–H and O–H groups in total. The number of rotatable bonds is 5. The molecule has 0 aliphatic carbocycles. The lowest BCUT2D eigenvalue weighted by molar-refractivity contribution is 0.0697. The molecule has 0 spiro atoms. The van der Waals surface area contributed by atoms with Crippen molar-refractivity contribution in [3.05, 3.63) is 81.7 Å². The molecule has 128 valence electrons. The van der Waals surface area contributed by atoms with Gasteiger partial charge in [-0.25, -0.2) is 14.6 Å². The smallest absolute Gasteiger partial charge is 0.335 e. The summed E-state index contributed by atoms with van der Waals surface area (Å²) in [5, 5.41) is 9.41. The van der Waals surface area contributed by atoms with Crippen molar-refractivity contribution in [3.63, 3.8) is 0 Å². The van der Waals surface area contributed by atoms with Gasteiger partial charge in [0.25, 0.3) is 11.2 Å². The number of carboxylic acids is 1. The minimum absolute atomic E-state index is 0.0755. The fourth-order valence-electron chi connectivity index (χ4n) is 2.28. The van der Waals surface area contributed by atoms with Gasteiger partial charge in [0.1, 0.15) is 0 Å². The van der Waals surface area contributed by atoms with E-state index in [0.717, 1.165) is 5.56 Å². The Balaban J connectivity index is 1.91. The molecule has 0 saturated heterocycles. The molecular weight excluding hydrogens is 352 g/mol. The second-order valence-corrected chi connectivity index (χ2v) is 6.17. The van der Waals surface area contributed by atoms with Crippen LogP contribution in [0.3, 0.4) is 0 Å². The lowest BCUT2D eigenvalue weighted by Crippen LogP contribution is -2.09. The van der Waals surface area contributed by atoms with E-state index in [1.165, 1.54) is 17.8 Å². The van der Waals surface area contributed by atoms with Gasteiger partial charge in [0.2, 0.25) is 0 Å².